The Bertz CT molecular complexity index is 290. The molecule has 8 heteroatoms. The summed E-state index contributed by atoms with van der Waals surface area (Å²) in [5.41, 5.74) is 0. The van der Waals surface area contributed by atoms with Crippen LogP contribution in [0.3, 0.4) is 0 Å². The number of aliphatic hydroxyl groups is 1. The molecule has 15 heavy (non-hydrogen) atoms. The number of likely N-dealkylation sites (tertiary alicyclic amines) is 1. The maximum Gasteiger partial charge on any atom is 0.471 e. The highest BCUT2D eigenvalue weighted by atomic mass is 19.4. The molecule has 1 saturated heterocycles. The Morgan fingerprint density at radius 2 is 1.87 bits per heavy atom. The van der Waals surface area contributed by atoms with Crippen molar-refractivity contribution in [2.24, 2.45) is 0 Å². The zero-order valence-electron chi connectivity index (χ0n) is 7.36. The first-order valence-electron chi connectivity index (χ1n) is 4.02. The van der Waals surface area contributed by atoms with E-state index in [-0.39, 0.29) is 11.3 Å². The van der Waals surface area contributed by atoms with Crippen LogP contribution in [0.15, 0.2) is 0 Å². The Hall–Kier alpha value is -1.31. The second-order valence-corrected chi connectivity index (χ2v) is 3.20. The number of amides is 1. The van der Waals surface area contributed by atoms with E-state index in [1.54, 1.807) is 0 Å². The quantitative estimate of drug-likeness (QED) is 0.638. The van der Waals surface area contributed by atoms with E-state index < -0.39 is 36.7 Å². The number of aliphatic carboxylic acids is 1. The van der Waals surface area contributed by atoms with Crippen LogP contribution in [0.25, 0.3) is 0 Å². The first kappa shape index (κ1) is 11.8. The molecule has 1 unspecified atom stereocenters. The molecule has 1 heterocycles. The van der Waals surface area contributed by atoms with Crippen molar-refractivity contribution in [2.45, 2.75) is 24.7 Å². The number of hydrogen-bond acceptors (Lipinski definition) is 3. The lowest BCUT2D eigenvalue weighted by Gasteiger charge is -2.21. The van der Waals surface area contributed by atoms with Gasteiger partial charge >= 0.3 is 18.1 Å². The van der Waals surface area contributed by atoms with Crippen molar-refractivity contribution in [1.29, 1.82) is 0 Å². The summed E-state index contributed by atoms with van der Waals surface area (Å²) in [5.74, 6) is -3.78. The van der Waals surface area contributed by atoms with Crippen LogP contribution < -0.4 is 0 Å². The van der Waals surface area contributed by atoms with Gasteiger partial charge < -0.3 is 15.1 Å². The van der Waals surface area contributed by atoms with Gasteiger partial charge in [-0.05, 0) is 0 Å². The molecule has 1 rings (SSSR count). The lowest BCUT2D eigenvalue weighted by atomic mass is 10.2. The van der Waals surface area contributed by atoms with Gasteiger partial charge in [-0.2, -0.15) is 13.2 Å². The number of aliphatic hydroxyl groups excluding tert-OH is 1. The van der Waals surface area contributed by atoms with E-state index in [0.717, 1.165) is 0 Å². The molecule has 0 saturated carbocycles. The van der Waals surface area contributed by atoms with Crippen molar-refractivity contribution in [3.8, 4) is 0 Å². The third-order valence-electron chi connectivity index (χ3n) is 2.07. The van der Waals surface area contributed by atoms with Gasteiger partial charge in [0.1, 0.15) is 6.04 Å². The molecule has 0 radical (unpaired) electrons. The van der Waals surface area contributed by atoms with Crippen molar-refractivity contribution >= 4 is 11.9 Å². The smallest absolute Gasteiger partial charge is 0.471 e. The average molecular weight is 227 g/mol. The molecule has 0 spiro atoms. The van der Waals surface area contributed by atoms with Gasteiger partial charge in [0.2, 0.25) is 0 Å². The fraction of sp³-hybridized carbons (Fsp3) is 0.714. The van der Waals surface area contributed by atoms with Crippen LogP contribution in [0.5, 0.6) is 0 Å². The standard InChI is InChI=1S/C7H8F3NO4/c8-7(9,10)6(15)11-2-3(12)1-4(11)5(13)14/h3-4,12H,1-2H2,(H,13,14)/t3?,4-/m0/s1. The summed E-state index contributed by atoms with van der Waals surface area (Å²) in [6, 6.07) is -1.60. The van der Waals surface area contributed by atoms with Crippen LogP contribution in [-0.4, -0.2) is 51.9 Å². The molecule has 1 aliphatic rings. The summed E-state index contributed by atoms with van der Waals surface area (Å²) in [7, 11) is 0. The molecule has 2 atom stereocenters. The Labute approximate surface area is 82.1 Å². The minimum atomic E-state index is -5.11. The van der Waals surface area contributed by atoms with Gasteiger partial charge in [0.15, 0.2) is 0 Å². The van der Waals surface area contributed by atoms with E-state index in [9.17, 15) is 22.8 Å². The van der Waals surface area contributed by atoms with Gasteiger partial charge in [0.05, 0.1) is 6.10 Å². The van der Waals surface area contributed by atoms with E-state index in [0.29, 0.717) is 0 Å². The number of halogens is 3. The first-order valence-corrected chi connectivity index (χ1v) is 4.02. The van der Waals surface area contributed by atoms with Gasteiger partial charge in [0, 0.05) is 13.0 Å². The number of carbonyl (C=O) groups is 2. The Morgan fingerprint density at radius 1 is 1.33 bits per heavy atom. The number of rotatable bonds is 1. The molecule has 0 aromatic heterocycles. The lowest BCUT2D eigenvalue weighted by molar-refractivity contribution is -0.188. The molecule has 0 aliphatic carbocycles. The molecule has 5 nitrogen and oxygen atoms in total. The predicted molar refractivity (Wildman–Crippen MR) is 39.8 cm³/mol. The van der Waals surface area contributed by atoms with E-state index in [4.69, 9.17) is 10.2 Å². The highest BCUT2D eigenvalue weighted by Gasteiger charge is 2.49. The molecule has 86 valence electrons. The number of alkyl halides is 3. The Kier molecular flexibility index (Phi) is 2.89. The van der Waals surface area contributed by atoms with Gasteiger partial charge in [-0.1, -0.05) is 0 Å². The minimum Gasteiger partial charge on any atom is -0.480 e. The van der Waals surface area contributed by atoms with E-state index in [1.807, 2.05) is 0 Å². The molecule has 0 bridgehead atoms. The molecular formula is C7H8F3NO4. The van der Waals surface area contributed by atoms with E-state index in [1.165, 1.54) is 0 Å². The van der Waals surface area contributed by atoms with Crippen LogP contribution in [0.1, 0.15) is 6.42 Å². The lowest BCUT2D eigenvalue weighted by Crippen LogP contribution is -2.47. The number of carboxylic acids is 1. The van der Waals surface area contributed by atoms with Crippen LogP contribution in [0, 0.1) is 0 Å². The van der Waals surface area contributed by atoms with E-state index in [2.05, 4.69) is 0 Å². The summed E-state index contributed by atoms with van der Waals surface area (Å²) in [6.07, 6.45) is -6.72. The topological polar surface area (TPSA) is 77.8 Å². The molecular weight excluding hydrogens is 219 g/mol. The average Bonchev–Trinajstić information content (AvgIpc) is 2.44. The van der Waals surface area contributed by atoms with Crippen molar-refractivity contribution in [3.05, 3.63) is 0 Å². The summed E-state index contributed by atoms with van der Waals surface area (Å²) in [6.45, 7) is -0.602. The van der Waals surface area contributed by atoms with Crippen molar-refractivity contribution < 1.29 is 33.0 Å². The number of nitrogens with zero attached hydrogens (tertiary/aromatic N) is 1. The zero-order valence-corrected chi connectivity index (χ0v) is 7.36. The summed E-state index contributed by atoms with van der Waals surface area (Å²) < 4.78 is 36.0. The molecule has 1 fully saturated rings. The second-order valence-electron chi connectivity index (χ2n) is 3.20. The normalized spacial score (nSPS) is 26.8. The van der Waals surface area contributed by atoms with Crippen molar-refractivity contribution in [1.82, 2.24) is 4.90 Å². The minimum absolute atomic E-state index is 0.132. The second kappa shape index (κ2) is 3.69. The van der Waals surface area contributed by atoms with E-state index >= 15 is 0 Å². The molecule has 0 aromatic carbocycles. The van der Waals surface area contributed by atoms with Crippen LogP contribution in [0.2, 0.25) is 0 Å². The summed E-state index contributed by atoms with van der Waals surface area (Å²) in [4.78, 5) is 21.4. The summed E-state index contributed by atoms with van der Waals surface area (Å²) >= 11 is 0. The van der Waals surface area contributed by atoms with Crippen LogP contribution in [0.4, 0.5) is 13.2 Å². The third kappa shape index (κ3) is 2.38. The Balaban J connectivity index is 2.85. The first-order chi connectivity index (χ1) is 6.73. The maximum absolute atomic E-state index is 12.0. The van der Waals surface area contributed by atoms with Crippen LogP contribution in [-0.2, 0) is 9.59 Å². The van der Waals surface area contributed by atoms with Crippen molar-refractivity contribution in [3.63, 3.8) is 0 Å². The monoisotopic (exact) mass is 227 g/mol. The molecule has 1 aliphatic heterocycles. The van der Waals surface area contributed by atoms with Gasteiger partial charge in [-0.15, -0.1) is 0 Å². The van der Waals surface area contributed by atoms with Gasteiger partial charge in [-0.25, -0.2) is 4.79 Å². The molecule has 0 aromatic rings. The third-order valence-corrected chi connectivity index (χ3v) is 2.07. The van der Waals surface area contributed by atoms with Gasteiger partial charge in [0.25, 0.3) is 0 Å². The fourth-order valence-electron chi connectivity index (χ4n) is 1.44. The maximum atomic E-state index is 12.0. The molecule has 2 N–H and O–H groups in total. The number of hydrogen-bond donors (Lipinski definition) is 2. The highest BCUT2D eigenvalue weighted by Crippen LogP contribution is 2.25. The van der Waals surface area contributed by atoms with Crippen LogP contribution >= 0.6 is 0 Å². The SMILES string of the molecule is O=C(O)[C@@H]1CC(O)CN1C(=O)C(F)(F)F. The highest BCUT2D eigenvalue weighted by molar-refractivity contribution is 5.87. The fourth-order valence-corrected chi connectivity index (χ4v) is 1.44. The Morgan fingerprint density at radius 3 is 2.27 bits per heavy atom. The predicted octanol–water partition coefficient (Wildman–Crippen LogP) is -0.405. The zero-order chi connectivity index (χ0) is 11.8. The summed E-state index contributed by atoms with van der Waals surface area (Å²) in [5, 5.41) is 17.6. The number of carboxylic acid groups (broad SMARTS) is 1. The molecule has 1 amide bonds. The van der Waals surface area contributed by atoms with Gasteiger partial charge in [-0.3, -0.25) is 4.79 Å². The largest absolute Gasteiger partial charge is 0.480 e. The van der Waals surface area contributed by atoms with Crippen molar-refractivity contribution in [2.75, 3.05) is 6.54 Å². The number of carbonyl (C=O) groups excluding carboxylic acids is 1. The number of β-amino-alcohol motifs (C(OH)–C–C–N with tert-alkyl or cyclic N) is 1.